The molecule has 0 unspecified atom stereocenters. The van der Waals surface area contributed by atoms with Crippen LogP contribution >= 0.6 is 11.6 Å². The SMILES string of the molecule is CCNS(=O)(=O)c1ccc2nc(Cl)c(C)cc2c1. The number of rotatable bonds is 3. The van der Waals surface area contributed by atoms with Gasteiger partial charge in [0, 0.05) is 11.9 Å². The van der Waals surface area contributed by atoms with Crippen LogP contribution in [0.15, 0.2) is 29.2 Å². The second-order valence-electron chi connectivity index (χ2n) is 3.95. The monoisotopic (exact) mass is 284 g/mol. The lowest BCUT2D eigenvalue weighted by Gasteiger charge is -2.06. The van der Waals surface area contributed by atoms with Gasteiger partial charge < -0.3 is 0 Å². The van der Waals surface area contributed by atoms with Gasteiger partial charge in [-0.2, -0.15) is 0 Å². The van der Waals surface area contributed by atoms with Crippen molar-refractivity contribution < 1.29 is 8.42 Å². The van der Waals surface area contributed by atoms with E-state index in [1.807, 2.05) is 13.0 Å². The fraction of sp³-hybridized carbons (Fsp3) is 0.250. The number of hydrogen-bond donors (Lipinski definition) is 1. The van der Waals surface area contributed by atoms with Crippen LogP contribution in [0.25, 0.3) is 10.9 Å². The molecule has 1 aromatic heterocycles. The van der Waals surface area contributed by atoms with E-state index in [4.69, 9.17) is 11.6 Å². The van der Waals surface area contributed by atoms with E-state index in [1.54, 1.807) is 19.1 Å². The largest absolute Gasteiger partial charge is 0.240 e. The van der Waals surface area contributed by atoms with E-state index in [1.165, 1.54) is 6.07 Å². The van der Waals surface area contributed by atoms with Gasteiger partial charge in [0.25, 0.3) is 0 Å². The Labute approximate surface area is 111 Å². The van der Waals surface area contributed by atoms with Gasteiger partial charge in [-0.25, -0.2) is 18.1 Å². The highest BCUT2D eigenvalue weighted by Crippen LogP contribution is 2.22. The number of aryl methyl sites for hydroxylation is 1. The number of nitrogens with zero attached hydrogens (tertiary/aromatic N) is 1. The minimum atomic E-state index is -3.44. The molecule has 0 spiro atoms. The lowest BCUT2D eigenvalue weighted by atomic mass is 10.2. The Morgan fingerprint density at radius 3 is 2.72 bits per heavy atom. The average molecular weight is 285 g/mol. The van der Waals surface area contributed by atoms with E-state index in [2.05, 4.69) is 9.71 Å². The van der Waals surface area contributed by atoms with Crippen molar-refractivity contribution in [1.29, 1.82) is 0 Å². The zero-order chi connectivity index (χ0) is 13.3. The first-order valence-corrected chi connectivity index (χ1v) is 7.36. The summed E-state index contributed by atoms with van der Waals surface area (Å²) in [6.45, 7) is 3.93. The summed E-state index contributed by atoms with van der Waals surface area (Å²) in [5, 5.41) is 1.20. The molecule has 96 valence electrons. The number of aromatic nitrogens is 1. The number of nitrogens with one attached hydrogen (secondary N) is 1. The maximum atomic E-state index is 11.9. The van der Waals surface area contributed by atoms with Gasteiger partial charge in [0.1, 0.15) is 5.15 Å². The van der Waals surface area contributed by atoms with Crippen molar-refractivity contribution in [1.82, 2.24) is 9.71 Å². The molecule has 0 atom stereocenters. The molecule has 0 saturated heterocycles. The van der Waals surface area contributed by atoms with Crippen molar-refractivity contribution in [3.8, 4) is 0 Å². The molecule has 2 aromatic rings. The molecule has 4 nitrogen and oxygen atoms in total. The van der Waals surface area contributed by atoms with E-state index in [0.29, 0.717) is 17.2 Å². The van der Waals surface area contributed by atoms with Crippen molar-refractivity contribution in [3.63, 3.8) is 0 Å². The zero-order valence-corrected chi connectivity index (χ0v) is 11.6. The Hall–Kier alpha value is -1.17. The zero-order valence-electron chi connectivity index (χ0n) is 10.1. The molecule has 2 rings (SSSR count). The lowest BCUT2D eigenvalue weighted by Crippen LogP contribution is -2.23. The number of sulfonamides is 1. The molecular formula is C12H13ClN2O2S. The smallest absolute Gasteiger partial charge is 0.236 e. The first-order valence-electron chi connectivity index (χ1n) is 5.50. The van der Waals surface area contributed by atoms with Gasteiger partial charge in [-0.3, -0.25) is 0 Å². The standard InChI is InChI=1S/C12H13ClN2O2S/c1-3-14-18(16,17)10-4-5-11-9(7-10)6-8(2)12(13)15-11/h4-7,14H,3H2,1-2H3. The van der Waals surface area contributed by atoms with Gasteiger partial charge in [-0.15, -0.1) is 0 Å². The summed E-state index contributed by atoms with van der Waals surface area (Å²) >= 11 is 5.93. The highest BCUT2D eigenvalue weighted by molar-refractivity contribution is 7.89. The van der Waals surface area contributed by atoms with Gasteiger partial charge >= 0.3 is 0 Å². The van der Waals surface area contributed by atoms with Crippen molar-refractivity contribution in [2.75, 3.05) is 6.54 Å². The van der Waals surface area contributed by atoms with Gasteiger partial charge in [-0.1, -0.05) is 18.5 Å². The third kappa shape index (κ3) is 2.48. The molecular weight excluding hydrogens is 272 g/mol. The fourth-order valence-electron chi connectivity index (χ4n) is 1.68. The summed E-state index contributed by atoms with van der Waals surface area (Å²) in [4.78, 5) is 4.43. The summed E-state index contributed by atoms with van der Waals surface area (Å²) in [7, 11) is -3.44. The maximum absolute atomic E-state index is 11.9. The predicted octanol–water partition coefficient (Wildman–Crippen LogP) is 2.49. The molecule has 0 saturated carbocycles. The highest BCUT2D eigenvalue weighted by atomic mass is 35.5. The molecule has 6 heteroatoms. The molecule has 18 heavy (non-hydrogen) atoms. The normalized spacial score (nSPS) is 11.9. The molecule has 0 amide bonds. The summed E-state index contributed by atoms with van der Waals surface area (Å²) in [5.41, 5.74) is 1.50. The maximum Gasteiger partial charge on any atom is 0.240 e. The predicted molar refractivity (Wildman–Crippen MR) is 72.4 cm³/mol. The van der Waals surface area contributed by atoms with Crippen molar-refractivity contribution in [2.24, 2.45) is 0 Å². The van der Waals surface area contributed by atoms with Crippen LogP contribution < -0.4 is 4.72 Å². The first kappa shape index (κ1) is 13.3. The van der Waals surface area contributed by atoms with Crippen LogP contribution in [-0.2, 0) is 10.0 Å². The lowest BCUT2D eigenvalue weighted by molar-refractivity contribution is 0.584. The molecule has 1 aromatic carbocycles. The van der Waals surface area contributed by atoms with E-state index < -0.39 is 10.0 Å². The fourth-order valence-corrected chi connectivity index (χ4v) is 2.90. The Morgan fingerprint density at radius 2 is 2.06 bits per heavy atom. The number of hydrogen-bond acceptors (Lipinski definition) is 3. The molecule has 0 aliphatic rings. The Kier molecular flexibility index (Phi) is 3.56. The van der Waals surface area contributed by atoms with Crippen molar-refractivity contribution in [3.05, 3.63) is 35.0 Å². The minimum absolute atomic E-state index is 0.236. The number of halogens is 1. The minimum Gasteiger partial charge on any atom is -0.236 e. The molecule has 1 N–H and O–H groups in total. The van der Waals surface area contributed by atoms with Gasteiger partial charge in [0.05, 0.1) is 10.4 Å². The number of fused-ring (bicyclic) bond motifs is 1. The quantitative estimate of drug-likeness (QED) is 0.881. The second-order valence-corrected chi connectivity index (χ2v) is 6.08. The Bertz CT molecular complexity index is 699. The van der Waals surface area contributed by atoms with Crippen LogP contribution in [0.5, 0.6) is 0 Å². The molecule has 0 bridgehead atoms. The van der Waals surface area contributed by atoms with Crippen LogP contribution in [-0.4, -0.2) is 19.9 Å². The summed E-state index contributed by atoms with van der Waals surface area (Å²) in [6.07, 6.45) is 0. The van der Waals surface area contributed by atoms with Crippen molar-refractivity contribution >= 4 is 32.5 Å². The van der Waals surface area contributed by atoms with Crippen LogP contribution in [0.3, 0.4) is 0 Å². The molecule has 0 radical (unpaired) electrons. The van der Waals surface area contributed by atoms with Crippen LogP contribution in [0.4, 0.5) is 0 Å². The summed E-state index contributed by atoms with van der Waals surface area (Å²) < 4.78 is 26.2. The Morgan fingerprint density at radius 1 is 1.33 bits per heavy atom. The average Bonchev–Trinajstić information content (AvgIpc) is 2.30. The topological polar surface area (TPSA) is 59.1 Å². The Balaban J connectivity index is 2.61. The molecule has 0 aliphatic carbocycles. The van der Waals surface area contributed by atoms with Gasteiger partial charge in [0.15, 0.2) is 0 Å². The third-order valence-corrected chi connectivity index (χ3v) is 4.49. The van der Waals surface area contributed by atoms with Gasteiger partial charge in [-0.05, 0) is 36.8 Å². The second kappa shape index (κ2) is 4.84. The van der Waals surface area contributed by atoms with Crippen LogP contribution in [0, 0.1) is 6.92 Å². The van der Waals surface area contributed by atoms with Crippen LogP contribution in [0.2, 0.25) is 5.15 Å². The van der Waals surface area contributed by atoms with Crippen LogP contribution in [0.1, 0.15) is 12.5 Å². The van der Waals surface area contributed by atoms with E-state index in [-0.39, 0.29) is 4.90 Å². The number of pyridine rings is 1. The van der Waals surface area contributed by atoms with E-state index >= 15 is 0 Å². The molecule has 0 fully saturated rings. The molecule has 1 heterocycles. The van der Waals surface area contributed by atoms with E-state index in [0.717, 1.165) is 10.9 Å². The summed E-state index contributed by atoms with van der Waals surface area (Å²) in [6, 6.07) is 6.61. The van der Waals surface area contributed by atoms with Gasteiger partial charge in [0.2, 0.25) is 10.0 Å². The van der Waals surface area contributed by atoms with Crippen molar-refractivity contribution in [2.45, 2.75) is 18.7 Å². The summed E-state index contributed by atoms with van der Waals surface area (Å²) in [5.74, 6) is 0. The first-order chi connectivity index (χ1) is 8.44. The third-order valence-electron chi connectivity index (χ3n) is 2.56. The van der Waals surface area contributed by atoms with E-state index in [9.17, 15) is 8.42 Å². The number of benzene rings is 1. The molecule has 0 aliphatic heterocycles. The highest BCUT2D eigenvalue weighted by Gasteiger charge is 2.13.